The molecule has 0 atom stereocenters. The number of hydrogen-bond acceptors (Lipinski definition) is 3. The summed E-state index contributed by atoms with van der Waals surface area (Å²) < 4.78 is 10.0. The third-order valence-electron chi connectivity index (χ3n) is 7.10. The van der Waals surface area contributed by atoms with Gasteiger partial charge in [0.1, 0.15) is 5.82 Å². The number of nitrogens with zero attached hydrogens (tertiary/aromatic N) is 3. The molecule has 5 aromatic rings. The van der Waals surface area contributed by atoms with E-state index in [-0.39, 0.29) is 0 Å². The number of aryl methyl sites for hydroxylation is 2. The molecule has 172 valence electrons. The summed E-state index contributed by atoms with van der Waals surface area (Å²) in [5.41, 5.74) is 6.38. The first-order valence-electron chi connectivity index (χ1n) is 11.9. The van der Waals surface area contributed by atoms with Crippen molar-refractivity contribution in [2.24, 2.45) is 5.92 Å². The Labute approximate surface area is 197 Å². The highest BCUT2D eigenvalue weighted by molar-refractivity contribution is 6.09. The number of rotatable bonds is 6. The minimum atomic E-state index is -0.906. The van der Waals surface area contributed by atoms with Crippen LogP contribution in [0.25, 0.3) is 44.2 Å². The molecule has 0 amide bonds. The van der Waals surface area contributed by atoms with Crippen LogP contribution in [0.4, 0.5) is 0 Å². The zero-order valence-electron chi connectivity index (χ0n) is 19.4. The third-order valence-corrected chi connectivity index (χ3v) is 7.10. The number of imidazole rings is 1. The van der Waals surface area contributed by atoms with E-state index in [0.717, 1.165) is 54.3 Å². The van der Waals surface area contributed by atoms with E-state index >= 15 is 0 Å². The molecule has 0 saturated carbocycles. The average Bonchev–Trinajstić information content (AvgIpc) is 3.35. The molecular formula is C28H27N3O3. The van der Waals surface area contributed by atoms with Crippen molar-refractivity contribution < 1.29 is 14.6 Å². The Morgan fingerprint density at radius 3 is 2.47 bits per heavy atom. The molecule has 1 aliphatic heterocycles. The molecule has 3 aromatic carbocycles. The lowest BCUT2D eigenvalue weighted by Gasteiger charge is -2.27. The van der Waals surface area contributed by atoms with Crippen molar-refractivity contribution in [2.45, 2.75) is 33.4 Å². The number of ether oxygens (including phenoxy) is 1. The van der Waals surface area contributed by atoms with E-state index in [9.17, 15) is 9.90 Å². The fourth-order valence-corrected chi connectivity index (χ4v) is 5.39. The molecule has 0 aliphatic carbocycles. The van der Waals surface area contributed by atoms with Gasteiger partial charge in [0.2, 0.25) is 0 Å². The Balaban J connectivity index is 1.62. The van der Waals surface area contributed by atoms with Gasteiger partial charge in [-0.05, 0) is 55.3 Å². The topological polar surface area (TPSA) is 69.3 Å². The van der Waals surface area contributed by atoms with Gasteiger partial charge in [0, 0.05) is 46.4 Å². The van der Waals surface area contributed by atoms with E-state index in [0.29, 0.717) is 17.9 Å². The van der Waals surface area contributed by atoms with Gasteiger partial charge in [-0.25, -0.2) is 9.78 Å². The van der Waals surface area contributed by atoms with Gasteiger partial charge in [-0.1, -0.05) is 25.1 Å². The van der Waals surface area contributed by atoms with Crippen molar-refractivity contribution in [3.63, 3.8) is 0 Å². The standard InChI is InChI=1S/C28H27N3O3/c1-3-19-21(28(32)33)10-12-25-26(19)29-27(31(25)14-17-15-34-16-17)18-9-11-24-22(13-18)20-7-5-6-8-23(20)30(24)4-2/h5-13,17H,3-4,14-16H2,1-2H3,(H,32,33). The number of fused-ring (bicyclic) bond motifs is 4. The molecule has 3 heterocycles. The summed E-state index contributed by atoms with van der Waals surface area (Å²) >= 11 is 0. The molecule has 6 rings (SSSR count). The molecule has 2 aromatic heterocycles. The lowest BCUT2D eigenvalue weighted by molar-refractivity contribution is -0.0387. The minimum Gasteiger partial charge on any atom is -0.478 e. The van der Waals surface area contributed by atoms with Crippen LogP contribution in [0.5, 0.6) is 0 Å². The van der Waals surface area contributed by atoms with Crippen molar-refractivity contribution >= 4 is 38.8 Å². The molecule has 0 bridgehead atoms. The molecule has 0 spiro atoms. The van der Waals surface area contributed by atoms with E-state index in [1.54, 1.807) is 6.07 Å². The van der Waals surface area contributed by atoms with Crippen LogP contribution in [0.1, 0.15) is 29.8 Å². The minimum absolute atomic E-state index is 0.333. The van der Waals surface area contributed by atoms with Gasteiger partial charge in [0.05, 0.1) is 29.8 Å². The largest absolute Gasteiger partial charge is 0.478 e. The van der Waals surface area contributed by atoms with Crippen LogP contribution in [0.2, 0.25) is 0 Å². The fourth-order valence-electron chi connectivity index (χ4n) is 5.39. The number of aromatic nitrogens is 3. The smallest absolute Gasteiger partial charge is 0.336 e. The number of carboxylic acids is 1. The average molecular weight is 454 g/mol. The number of carboxylic acid groups (broad SMARTS) is 1. The number of para-hydroxylation sites is 1. The maximum Gasteiger partial charge on any atom is 0.336 e. The third kappa shape index (κ3) is 3.06. The number of benzene rings is 3. The number of carbonyl (C=O) groups is 1. The summed E-state index contributed by atoms with van der Waals surface area (Å²) in [6, 6.07) is 18.7. The molecule has 34 heavy (non-hydrogen) atoms. The summed E-state index contributed by atoms with van der Waals surface area (Å²) in [7, 11) is 0. The van der Waals surface area contributed by atoms with Gasteiger partial charge in [0.25, 0.3) is 0 Å². The summed E-state index contributed by atoms with van der Waals surface area (Å²) in [4.78, 5) is 16.9. The van der Waals surface area contributed by atoms with Gasteiger partial charge in [-0.15, -0.1) is 0 Å². The molecule has 1 saturated heterocycles. The van der Waals surface area contributed by atoms with E-state index in [1.165, 1.54) is 21.8 Å². The Bertz CT molecular complexity index is 1570. The fraction of sp³-hybridized carbons (Fsp3) is 0.286. The molecule has 1 aliphatic rings. The normalized spacial score (nSPS) is 14.3. The molecule has 1 N–H and O–H groups in total. The van der Waals surface area contributed by atoms with Gasteiger partial charge in [-0.2, -0.15) is 0 Å². The maximum absolute atomic E-state index is 11.9. The molecule has 1 fully saturated rings. The van der Waals surface area contributed by atoms with E-state index in [1.807, 2.05) is 13.0 Å². The number of hydrogen-bond donors (Lipinski definition) is 1. The van der Waals surface area contributed by atoms with Crippen molar-refractivity contribution in [1.29, 1.82) is 0 Å². The van der Waals surface area contributed by atoms with Crippen LogP contribution >= 0.6 is 0 Å². The summed E-state index contributed by atoms with van der Waals surface area (Å²) in [6.07, 6.45) is 0.616. The van der Waals surface area contributed by atoms with Crippen molar-refractivity contribution in [3.05, 3.63) is 65.7 Å². The van der Waals surface area contributed by atoms with Crippen molar-refractivity contribution in [3.8, 4) is 11.4 Å². The molecule has 0 unspecified atom stereocenters. The predicted octanol–water partition coefficient (Wildman–Crippen LogP) is 5.74. The lowest BCUT2D eigenvalue weighted by Crippen LogP contribution is -2.31. The second kappa shape index (κ2) is 7.99. The van der Waals surface area contributed by atoms with Gasteiger partial charge in [-0.3, -0.25) is 0 Å². The Kier molecular flexibility index (Phi) is 4.92. The van der Waals surface area contributed by atoms with Gasteiger partial charge < -0.3 is 19.0 Å². The Hall–Kier alpha value is -3.64. The molecule has 6 heteroatoms. The Morgan fingerprint density at radius 1 is 1.00 bits per heavy atom. The van der Waals surface area contributed by atoms with Crippen molar-refractivity contribution in [1.82, 2.24) is 14.1 Å². The van der Waals surface area contributed by atoms with E-state index in [2.05, 4.69) is 58.5 Å². The number of aromatic carboxylic acids is 1. The second-order valence-corrected chi connectivity index (χ2v) is 9.06. The zero-order chi connectivity index (χ0) is 23.4. The SMILES string of the molecule is CCc1c(C(=O)O)ccc2c1nc(-c1ccc3c(c1)c1ccccc1n3CC)n2CC1COC1. The monoisotopic (exact) mass is 453 g/mol. The van der Waals surface area contributed by atoms with Crippen LogP contribution in [-0.4, -0.2) is 38.4 Å². The highest BCUT2D eigenvalue weighted by atomic mass is 16.5. The van der Waals surface area contributed by atoms with E-state index < -0.39 is 5.97 Å². The van der Waals surface area contributed by atoms with Gasteiger partial charge >= 0.3 is 5.97 Å². The van der Waals surface area contributed by atoms with Crippen LogP contribution in [0, 0.1) is 5.92 Å². The molecule has 6 nitrogen and oxygen atoms in total. The highest BCUT2D eigenvalue weighted by Gasteiger charge is 2.25. The predicted molar refractivity (Wildman–Crippen MR) is 134 cm³/mol. The highest BCUT2D eigenvalue weighted by Crippen LogP contribution is 2.35. The van der Waals surface area contributed by atoms with Crippen LogP contribution < -0.4 is 0 Å². The second-order valence-electron chi connectivity index (χ2n) is 9.06. The first kappa shape index (κ1) is 20.9. The van der Waals surface area contributed by atoms with Crippen LogP contribution in [-0.2, 0) is 24.2 Å². The molecule has 0 radical (unpaired) electrons. The first-order chi connectivity index (χ1) is 16.6. The van der Waals surface area contributed by atoms with Gasteiger partial charge in [0.15, 0.2) is 0 Å². The molecular weight excluding hydrogens is 426 g/mol. The quantitative estimate of drug-likeness (QED) is 0.356. The maximum atomic E-state index is 11.9. The summed E-state index contributed by atoms with van der Waals surface area (Å²) in [6.45, 7) is 7.36. The first-order valence-corrected chi connectivity index (χ1v) is 11.9. The summed E-state index contributed by atoms with van der Waals surface area (Å²) in [5.74, 6) is 0.413. The Morgan fingerprint density at radius 2 is 1.76 bits per heavy atom. The summed E-state index contributed by atoms with van der Waals surface area (Å²) in [5, 5.41) is 12.2. The van der Waals surface area contributed by atoms with Crippen molar-refractivity contribution in [2.75, 3.05) is 13.2 Å². The van der Waals surface area contributed by atoms with E-state index in [4.69, 9.17) is 9.72 Å². The zero-order valence-corrected chi connectivity index (χ0v) is 19.4. The lowest BCUT2D eigenvalue weighted by atomic mass is 10.0. The van der Waals surface area contributed by atoms with Crippen LogP contribution in [0.15, 0.2) is 54.6 Å². The van der Waals surface area contributed by atoms with Crippen LogP contribution in [0.3, 0.4) is 0 Å².